The molecule has 0 aliphatic rings. The van der Waals surface area contributed by atoms with Crippen molar-refractivity contribution >= 4 is 44.7 Å². The van der Waals surface area contributed by atoms with Gasteiger partial charge in [0.15, 0.2) is 0 Å². The number of nitrogens with one attached hydrogen (secondary N) is 1. The Bertz CT molecular complexity index is 854. The zero-order valence-electron chi connectivity index (χ0n) is 14.3. The molecule has 4 nitrogen and oxygen atoms in total. The van der Waals surface area contributed by atoms with Crippen LogP contribution >= 0.6 is 38.9 Å². The van der Waals surface area contributed by atoms with Gasteiger partial charge in [-0.3, -0.25) is 0 Å². The SMILES string of the molecule is CCOc1cc(-c2cc(NCCc3ccc(Br)cc3)ncn2)sc1CCl. The first-order valence-corrected chi connectivity index (χ1v) is 10.5. The van der Waals surface area contributed by atoms with Crippen LogP contribution < -0.4 is 10.1 Å². The smallest absolute Gasteiger partial charge is 0.135 e. The number of anilines is 1. The second kappa shape index (κ2) is 9.35. The van der Waals surface area contributed by atoms with Crippen molar-refractivity contribution in [3.05, 3.63) is 57.6 Å². The van der Waals surface area contributed by atoms with Crippen LogP contribution in [0, 0.1) is 0 Å². The van der Waals surface area contributed by atoms with Gasteiger partial charge in [0.1, 0.15) is 17.9 Å². The third-order valence-electron chi connectivity index (χ3n) is 3.74. The molecule has 2 aromatic heterocycles. The average molecular weight is 453 g/mol. The molecule has 0 unspecified atom stereocenters. The minimum absolute atomic E-state index is 0.434. The Hall–Kier alpha value is -1.63. The summed E-state index contributed by atoms with van der Waals surface area (Å²) in [6, 6.07) is 12.3. The maximum absolute atomic E-state index is 6.02. The second-order valence-corrected chi connectivity index (χ2v) is 7.88. The third-order valence-corrected chi connectivity index (χ3v) is 5.84. The van der Waals surface area contributed by atoms with Crippen molar-refractivity contribution in [2.24, 2.45) is 0 Å². The van der Waals surface area contributed by atoms with E-state index in [0.717, 1.165) is 44.5 Å². The lowest BCUT2D eigenvalue weighted by Gasteiger charge is -2.06. The minimum atomic E-state index is 0.434. The molecule has 3 aromatic rings. The van der Waals surface area contributed by atoms with E-state index in [-0.39, 0.29) is 0 Å². The van der Waals surface area contributed by atoms with Crippen molar-refractivity contribution in [3.8, 4) is 16.3 Å². The molecule has 1 aromatic carbocycles. The maximum atomic E-state index is 6.02. The average Bonchev–Trinajstić information content (AvgIpc) is 3.07. The highest BCUT2D eigenvalue weighted by Gasteiger charge is 2.12. The van der Waals surface area contributed by atoms with Gasteiger partial charge in [0, 0.05) is 23.2 Å². The highest BCUT2D eigenvalue weighted by Crippen LogP contribution is 2.36. The second-order valence-electron chi connectivity index (χ2n) is 5.56. The van der Waals surface area contributed by atoms with Gasteiger partial charge in [-0.25, -0.2) is 9.97 Å². The van der Waals surface area contributed by atoms with Crippen molar-refractivity contribution in [2.45, 2.75) is 19.2 Å². The minimum Gasteiger partial charge on any atom is -0.493 e. The third kappa shape index (κ3) is 4.96. The van der Waals surface area contributed by atoms with Crippen LogP contribution in [0.5, 0.6) is 5.75 Å². The Kier molecular flexibility index (Phi) is 6.88. The molecule has 0 amide bonds. The monoisotopic (exact) mass is 451 g/mol. The van der Waals surface area contributed by atoms with E-state index in [1.807, 2.05) is 19.1 Å². The van der Waals surface area contributed by atoms with Crippen LogP contribution in [0.1, 0.15) is 17.4 Å². The van der Waals surface area contributed by atoms with Crippen molar-refractivity contribution in [1.82, 2.24) is 9.97 Å². The zero-order chi connectivity index (χ0) is 18.4. The quantitative estimate of drug-likeness (QED) is 0.441. The fourth-order valence-electron chi connectivity index (χ4n) is 2.48. The number of hydrogen-bond acceptors (Lipinski definition) is 5. The molecule has 2 heterocycles. The van der Waals surface area contributed by atoms with E-state index in [0.29, 0.717) is 12.5 Å². The molecule has 0 atom stereocenters. The molecule has 7 heteroatoms. The topological polar surface area (TPSA) is 47.0 Å². The predicted molar refractivity (Wildman–Crippen MR) is 112 cm³/mol. The van der Waals surface area contributed by atoms with E-state index in [2.05, 4.69) is 55.5 Å². The Labute approximate surface area is 170 Å². The predicted octanol–water partition coefficient (Wildman–Crippen LogP) is 5.76. The first kappa shape index (κ1) is 19.1. The van der Waals surface area contributed by atoms with Crippen LogP contribution in [0.4, 0.5) is 5.82 Å². The van der Waals surface area contributed by atoms with E-state index in [4.69, 9.17) is 16.3 Å². The van der Waals surface area contributed by atoms with Crippen molar-refractivity contribution < 1.29 is 4.74 Å². The van der Waals surface area contributed by atoms with E-state index in [1.165, 1.54) is 5.56 Å². The van der Waals surface area contributed by atoms with Gasteiger partial charge in [0.2, 0.25) is 0 Å². The van der Waals surface area contributed by atoms with Crippen molar-refractivity contribution in [2.75, 3.05) is 18.5 Å². The van der Waals surface area contributed by atoms with Gasteiger partial charge in [-0.2, -0.15) is 0 Å². The summed E-state index contributed by atoms with van der Waals surface area (Å²) in [6.07, 6.45) is 2.51. The first-order chi connectivity index (χ1) is 12.7. The van der Waals surface area contributed by atoms with Gasteiger partial charge < -0.3 is 10.1 Å². The molecule has 26 heavy (non-hydrogen) atoms. The molecular weight excluding hydrogens is 434 g/mol. The molecule has 0 saturated carbocycles. The molecule has 3 rings (SSSR count). The van der Waals surface area contributed by atoms with Crippen LogP contribution in [0.15, 0.2) is 47.2 Å². The number of nitrogens with zero attached hydrogens (tertiary/aromatic N) is 2. The van der Waals surface area contributed by atoms with Crippen LogP contribution in [0.3, 0.4) is 0 Å². The van der Waals surface area contributed by atoms with E-state index < -0.39 is 0 Å². The van der Waals surface area contributed by atoms with E-state index >= 15 is 0 Å². The summed E-state index contributed by atoms with van der Waals surface area (Å²) in [5, 5.41) is 3.36. The van der Waals surface area contributed by atoms with E-state index in [1.54, 1.807) is 17.7 Å². The van der Waals surface area contributed by atoms with Gasteiger partial charge in [0.25, 0.3) is 0 Å². The largest absolute Gasteiger partial charge is 0.493 e. The number of ether oxygens (including phenoxy) is 1. The van der Waals surface area contributed by atoms with Crippen molar-refractivity contribution in [1.29, 1.82) is 0 Å². The van der Waals surface area contributed by atoms with Crippen LogP contribution in [-0.4, -0.2) is 23.1 Å². The van der Waals surface area contributed by atoms with Gasteiger partial charge in [-0.1, -0.05) is 28.1 Å². The maximum Gasteiger partial charge on any atom is 0.135 e. The first-order valence-electron chi connectivity index (χ1n) is 8.31. The van der Waals surface area contributed by atoms with Crippen molar-refractivity contribution in [3.63, 3.8) is 0 Å². The summed E-state index contributed by atoms with van der Waals surface area (Å²) in [4.78, 5) is 10.8. The van der Waals surface area contributed by atoms with Crippen LogP contribution in [-0.2, 0) is 12.3 Å². The highest BCUT2D eigenvalue weighted by molar-refractivity contribution is 9.10. The summed E-state index contributed by atoms with van der Waals surface area (Å²) in [7, 11) is 0. The summed E-state index contributed by atoms with van der Waals surface area (Å²) >= 11 is 11.1. The van der Waals surface area contributed by atoms with Gasteiger partial charge in [-0.05, 0) is 31.0 Å². The molecule has 0 saturated heterocycles. The van der Waals surface area contributed by atoms with Gasteiger partial charge >= 0.3 is 0 Å². The van der Waals surface area contributed by atoms with Crippen LogP contribution in [0.2, 0.25) is 0 Å². The molecule has 0 radical (unpaired) electrons. The molecule has 136 valence electrons. The standard InChI is InChI=1S/C19H19BrClN3OS/c1-2-25-16-10-17(26-18(16)11-21)15-9-19(24-12-23-15)22-8-7-13-3-5-14(20)6-4-13/h3-6,9-10,12H,2,7-8,11H2,1H3,(H,22,23,24). The normalized spacial score (nSPS) is 10.7. The fourth-order valence-corrected chi connectivity index (χ4v) is 3.96. The lowest BCUT2D eigenvalue weighted by molar-refractivity contribution is 0.339. The molecular formula is C19H19BrClN3OS. The number of benzene rings is 1. The van der Waals surface area contributed by atoms with Gasteiger partial charge in [0.05, 0.1) is 27.9 Å². The number of hydrogen-bond donors (Lipinski definition) is 1. The van der Waals surface area contributed by atoms with Gasteiger partial charge in [-0.15, -0.1) is 22.9 Å². The molecule has 0 aliphatic heterocycles. The summed E-state index contributed by atoms with van der Waals surface area (Å²) in [5.74, 6) is 2.08. The molecule has 0 bridgehead atoms. The van der Waals surface area contributed by atoms with E-state index in [9.17, 15) is 0 Å². The Morgan fingerprint density at radius 2 is 2.00 bits per heavy atom. The highest BCUT2D eigenvalue weighted by atomic mass is 79.9. The Balaban J connectivity index is 1.67. The zero-order valence-corrected chi connectivity index (χ0v) is 17.5. The Morgan fingerprint density at radius 1 is 1.19 bits per heavy atom. The number of rotatable bonds is 8. The molecule has 0 aliphatic carbocycles. The lowest BCUT2D eigenvalue weighted by Crippen LogP contribution is -2.06. The lowest BCUT2D eigenvalue weighted by atomic mass is 10.1. The number of alkyl halides is 1. The molecule has 0 fully saturated rings. The number of halogens is 2. The fraction of sp³-hybridized carbons (Fsp3) is 0.263. The molecule has 1 N–H and O–H groups in total. The summed E-state index contributed by atoms with van der Waals surface area (Å²) < 4.78 is 6.74. The number of aromatic nitrogens is 2. The summed E-state index contributed by atoms with van der Waals surface area (Å²) in [5.41, 5.74) is 2.15. The Morgan fingerprint density at radius 3 is 2.73 bits per heavy atom. The number of thiophene rings is 1. The summed E-state index contributed by atoms with van der Waals surface area (Å²) in [6.45, 7) is 3.39. The van der Waals surface area contributed by atoms with Crippen LogP contribution in [0.25, 0.3) is 10.6 Å². The molecule has 0 spiro atoms.